The van der Waals surface area contributed by atoms with Crippen LogP contribution in [0.4, 0.5) is 0 Å². The van der Waals surface area contributed by atoms with Gasteiger partial charge in [0.15, 0.2) is 0 Å². The third-order valence-electron chi connectivity index (χ3n) is 1.49. The lowest BCUT2D eigenvalue weighted by atomic mass is 10.1. The zero-order valence-corrected chi connectivity index (χ0v) is 7.66. The number of hydrogen-bond acceptors (Lipinski definition) is 4. The summed E-state index contributed by atoms with van der Waals surface area (Å²) >= 11 is 0. The van der Waals surface area contributed by atoms with E-state index in [4.69, 9.17) is 5.73 Å². The highest BCUT2D eigenvalue weighted by Crippen LogP contribution is 2.01. The Labute approximate surface area is 72.1 Å². The van der Waals surface area contributed by atoms with Gasteiger partial charge in [0.2, 0.25) is 0 Å². The first kappa shape index (κ1) is 11.1. The molecule has 70 valence electrons. The first-order chi connectivity index (χ1) is 5.49. The van der Waals surface area contributed by atoms with E-state index < -0.39 is 18.0 Å². The van der Waals surface area contributed by atoms with Gasteiger partial charge in [-0.05, 0) is 5.92 Å². The van der Waals surface area contributed by atoms with E-state index in [1.165, 1.54) is 0 Å². The molecule has 0 aliphatic carbocycles. The van der Waals surface area contributed by atoms with Crippen LogP contribution in [0.1, 0.15) is 27.2 Å². The molecule has 12 heavy (non-hydrogen) atoms. The Balaban J connectivity index is 3.96. The van der Waals surface area contributed by atoms with Crippen LogP contribution in [0.3, 0.4) is 0 Å². The molecule has 1 atom stereocenters. The molecule has 4 heteroatoms. The summed E-state index contributed by atoms with van der Waals surface area (Å²) in [6, 6.07) is -0.708. The summed E-state index contributed by atoms with van der Waals surface area (Å²) in [6.07, 6.45) is 0.191. The first-order valence-corrected chi connectivity index (χ1v) is 3.99. The van der Waals surface area contributed by atoms with Crippen molar-refractivity contribution in [1.82, 2.24) is 0 Å². The molecular weight excluding hydrogens is 158 g/mol. The van der Waals surface area contributed by atoms with Gasteiger partial charge in [0.05, 0.1) is 0 Å². The van der Waals surface area contributed by atoms with Crippen LogP contribution < -0.4 is 5.73 Å². The number of hydrogen-bond donors (Lipinski definition) is 1. The van der Waals surface area contributed by atoms with Crippen LogP contribution >= 0.6 is 0 Å². The standard InChI is InChI=1S/C8H15NO3/c1-4-6(10)12-8(11)7(9)5(2)3/h5,7H,4,9H2,1-3H3/t7-/m0/s1. The van der Waals surface area contributed by atoms with E-state index in [2.05, 4.69) is 4.74 Å². The molecule has 0 aliphatic heterocycles. The van der Waals surface area contributed by atoms with Crippen molar-refractivity contribution in [2.45, 2.75) is 33.2 Å². The average molecular weight is 173 g/mol. The number of nitrogens with two attached hydrogens (primary N) is 1. The third kappa shape index (κ3) is 3.48. The highest BCUT2D eigenvalue weighted by molar-refractivity contribution is 5.88. The number of carbonyl (C=O) groups is 2. The Morgan fingerprint density at radius 1 is 1.42 bits per heavy atom. The van der Waals surface area contributed by atoms with Gasteiger partial charge in [-0.2, -0.15) is 0 Å². The molecule has 0 rings (SSSR count). The van der Waals surface area contributed by atoms with Crippen molar-refractivity contribution in [3.63, 3.8) is 0 Å². The summed E-state index contributed by atoms with van der Waals surface area (Å²) < 4.78 is 4.42. The van der Waals surface area contributed by atoms with Crippen LogP contribution in [0, 0.1) is 5.92 Å². The van der Waals surface area contributed by atoms with Crippen molar-refractivity contribution in [2.24, 2.45) is 11.7 Å². The number of esters is 2. The molecule has 4 nitrogen and oxygen atoms in total. The number of carbonyl (C=O) groups excluding carboxylic acids is 2. The first-order valence-electron chi connectivity index (χ1n) is 3.99. The van der Waals surface area contributed by atoms with E-state index in [1.54, 1.807) is 20.8 Å². The maximum Gasteiger partial charge on any atom is 0.330 e. The number of ether oxygens (including phenoxy) is 1. The summed E-state index contributed by atoms with van der Waals surface area (Å²) in [5, 5.41) is 0. The molecule has 0 aromatic carbocycles. The monoisotopic (exact) mass is 173 g/mol. The Bertz CT molecular complexity index is 177. The van der Waals surface area contributed by atoms with Crippen LogP contribution in [0.2, 0.25) is 0 Å². The zero-order chi connectivity index (χ0) is 9.72. The highest BCUT2D eigenvalue weighted by Gasteiger charge is 2.20. The Morgan fingerprint density at radius 2 is 1.92 bits per heavy atom. The molecule has 0 radical (unpaired) electrons. The Hall–Kier alpha value is -0.900. The van der Waals surface area contributed by atoms with Gasteiger partial charge in [0, 0.05) is 6.42 Å². The lowest BCUT2D eigenvalue weighted by Crippen LogP contribution is -2.38. The van der Waals surface area contributed by atoms with Crippen molar-refractivity contribution in [3.8, 4) is 0 Å². The van der Waals surface area contributed by atoms with Crippen LogP contribution in [0.15, 0.2) is 0 Å². The second-order valence-electron chi connectivity index (χ2n) is 2.92. The fourth-order valence-corrected chi connectivity index (χ4v) is 0.525. The smallest absolute Gasteiger partial charge is 0.330 e. The summed E-state index contributed by atoms with van der Waals surface area (Å²) in [4.78, 5) is 21.6. The summed E-state index contributed by atoms with van der Waals surface area (Å²) in [5.74, 6) is -1.19. The molecule has 0 unspecified atom stereocenters. The molecule has 0 saturated carbocycles. The average Bonchev–Trinajstić information content (AvgIpc) is 2.02. The maximum absolute atomic E-state index is 11.0. The number of rotatable bonds is 3. The summed E-state index contributed by atoms with van der Waals surface area (Å²) in [7, 11) is 0. The molecule has 2 N–H and O–H groups in total. The Morgan fingerprint density at radius 3 is 2.25 bits per heavy atom. The van der Waals surface area contributed by atoms with E-state index in [1.807, 2.05) is 0 Å². The van der Waals surface area contributed by atoms with Crippen molar-refractivity contribution >= 4 is 11.9 Å². The SMILES string of the molecule is CCC(=O)OC(=O)[C@@H](N)C(C)C. The van der Waals surface area contributed by atoms with Gasteiger partial charge in [-0.15, -0.1) is 0 Å². The van der Waals surface area contributed by atoms with Gasteiger partial charge in [0.25, 0.3) is 0 Å². The van der Waals surface area contributed by atoms with Crippen molar-refractivity contribution < 1.29 is 14.3 Å². The van der Waals surface area contributed by atoms with Gasteiger partial charge in [-0.1, -0.05) is 20.8 Å². The van der Waals surface area contributed by atoms with Gasteiger partial charge in [-0.3, -0.25) is 4.79 Å². The molecule has 0 aromatic rings. The lowest BCUT2D eigenvalue weighted by molar-refractivity contribution is -0.161. The second-order valence-corrected chi connectivity index (χ2v) is 2.92. The van der Waals surface area contributed by atoms with Gasteiger partial charge in [-0.25, -0.2) is 4.79 Å². The van der Waals surface area contributed by atoms with E-state index >= 15 is 0 Å². The largest absolute Gasteiger partial charge is 0.392 e. The fraction of sp³-hybridized carbons (Fsp3) is 0.750. The van der Waals surface area contributed by atoms with Gasteiger partial charge < -0.3 is 10.5 Å². The second kappa shape index (κ2) is 4.87. The molecule has 0 saturated heterocycles. The van der Waals surface area contributed by atoms with Crippen molar-refractivity contribution in [1.29, 1.82) is 0 Å². The quantitative estimate of drug-likeness (QED) is 0.497. The minimum Gasteiger partial charge on any atom is -0.392 e. The molecule has 0 fully saturated rings. The normalized spacial score (nSPS) is 12.8. The highest BCUT2D eigenvalue weighted by atomic mass is 16.6. The third-order valence-corrected chi connectivity index (χ3v) is 1.49. The molecule has 0 spiro atoms. The van der Waals surface area contributed by atoms with E-state index in [9.17, 15) is 9.59 Å². The lowest BCUT2D eigenvalue weighted by Gasteiger charge is -2.12. The molecule has 0 heterocycles. The van der Waals surface area contributed by atoms with E-state index in [0.29, 0.717) is 0 Å². The molecule has 0 amide bonds. The molecular formula is C8H15NO3. The minimum atomic E-state index is -0.708. The summed E-state index contributed by atoms with van der Waals surface area (Å²) in [6.45, 7) is 5.21. The van der Waals surface area contributed by atoms with E-state index in [-0.39, 0.29) is 12.3 Å². The minimum absolute atomic E-state index is 0.0119. The fourth-order valence-electron chi connectivity index (χ4n) is 0.525. The van der Waals surface area contributed by atoms with Crippen LogP contribution in [-0.2, 0) is 14.3 Å². The zero-order valence-electron chi connectivity index (χ0n) is 7.66. The molecule has 0 aliphatic rings. The van der Waals surface area contributed by atoms with E-state index in [0.717, 1.165) is 0 Å². The van der Waals surface area contributed by atoms with Crippen LogP contribution in [-0.4, -0.2) is 18.0 Å². The summed E-state index contributed by atoms with van der Waals surface area (Å²) in [5.41, 5.74) is 5.44. The van der Waals surface area contributed by atoms with Crippen molar-refractivity contribution in [3.05, 3.63) is 0 Å². The van der Waals surface area contributed by atoms with Gasteiger partial charge in [0.1, 0.15) is 6.04 Å². The van der Waals surface area contributed by atoms with Crippen LogP contribution in [0.25, 0.3) is 0 Å². The van der Waals surface area contributed by atoms with Crippen molar-refractivity contribution in [2.75, 3.05) is 0 Å². The predicted octanol–water partition coefficient (Wildman–Crippen LogP) is 0.449. The maximum atomic E-state index is 11.0. The van der Waals surface area contributed by atoms with Gasteiger partial charge >= 0.3 is 11.9 Å². The predicted molar refractivity (Wildman–Crippen MR) is 44.2 cm³/mol. The topological polar surface area (TPSA) is 69.4 Å². The Kier molecular flexibility index (Phi) is 4.51. The molecule has 0 aromatic heterocycles. The van der Waals surface area contributed by atoms with Crippen LogP contribution in [0.5, 0.6) is 0 Å². The molecule has 0 bridgehead atoms.